The predicted molar refractivity (Wildman–Crippen MR) is 85.6 cm³/mol. The van der Waals surface area contributed by atoms with Gasteiger partial charge in [-0.1, -0.05) is 37.0 Å². The minimum Gasteiger partial charge on any atom is -0.356 e. The lowest BCUT2D eigenvalue weighted by Crippen LogP contribution is -2.27. The van der Waals surface area contributed by atoms with Gasteiger partial charge in [-0.2, -0.15) is 0 Å². The Kier molecular flexibility index (Phi) is 6.97. The van der Waals surface area contributed by atoms with Crippen LogP contribution in [0.3, 0.4) is 0 Å². The van der Waals surface area contributed by atoms with Crippen LogP contribution in [0.5, 0.6) is 0 Å². The van der Waals surface area contributed by atoms with Gasteiger partial charge in [-0.3, -0.25) is 4.79 Å². The summed E-state index contributed by atoms with van der Waals surface area (Å²) in [5.74, 6) is -0.0251. The summed E-state index contributed by atoms with van der Waals surface area (Å²) in [6.45, 7) is 4.67. The minimum atomic E-state index is -3.54. The Morgan fingerprint density at radius 3 is 2.48 bits per heavy atom. The maximum absolute atomic E-state index is 12.1. The van der Waals surface area contributed by atoms with Crippen LogP contribution in [-0.2, 0) is 14.6 Å². The fraction of sp³-hybridized carbons (Fsp3) is 0.500. The van der Waals surface area contributed by atoms with E-state index in [4.69, 9.17) is 23.2 Å². The Balaban J connectivity index is 2.56. The number of nitrogens with one attached hydrogen (secondary N) is 1. The lowest BCUT2D eigenvalue weighted by atomic mass is 10.1. The molecule has 0 atom stereocenters. The number of sulfone groups is 1. The van der Waals surface area contributed by atoms with Crippen LogP contribution in [0.2, 0.25) is 10.0 Å². The van der Waals surface area contributed by atoms with Gasteiger partial charge in [0.05, 0.1) is 20.7 Å². The number of halogens is 2. The molecule has 118 valence electrons. The van der Waals surface area contributed by atoms with Crippen LogP contribution in [0, 0.1) is 5.92 Å². The van der Waals surface area contributed by atoms with Gasteiger partial charge in [0.15, 0.2) is 9.84 Å². The molecule has 1 amide bonds. The van der Waals surface area contributed by atoms with E-state index in [1.807, 2.05) is 0 Å². The molecule has 1 aromatic carbocycles. The summed E-state index contributed by atoms with van der Waals surface area (Å²) in [7, 11) is -3.54. The number of amides is 1. The third-order valence-electron chi connectivity index (χ3n) is 2.89. The van der Waals surface area contributed by atoms with Gasteiger partial charge in [-0.25, -0.2) is 8.42 Å². The van der Waals surface area contributed by atoms with Crippen LogP contribution in [0.4, 0.5) is 0 Å². The highest BCUT2D eigenvalue weighted by molar-refractivity contribution is 7.91. The topological polar surface area (TPSA) is 63.2 Å². The predicted octanol–water partition coefficient (Wildman–Crippen LogP) is 3.32. The summed E-state index contributed by atoms with van der Waals surface area (Å²) >= 11 is 11.6. The standard InChI is InChI=1S/C14H19Cl2NO3S/c1-10(2)5-7-17-14(18)6-8-21(19,20)11-3-4-12(15)13(16)9-11/h3-4,9-10H,5-8H2,1-2H3,(H,17,18). The Labute approximate surface area is 135 Å². The number of carbonyl (C=O) groups excluding carboxylic acids is 1. The van der Waals surface area contributed by atoms with E-state index in [1.165, 1.54) is 18.2 Å². The summed E-state index contributed by atoms with van der Waals surface area (Å²) in [4.78, 5) is 11.7. The Morgan fingerprint density at radius 2 is 1.90 bits per heavy atom. The van der Waals surface area contributed by atoms with E-state index in [2.05, 4.69) is 19.2 Å². The summed E-state index contributed by atoms with van der Waals surface area (Å²) in [5.41, 5.74) is 0. The van der Waals surface area contributed by atoms with Crippen molar-refractivity contribution in [1.82, 2.24) is 5.32 Å². The molecule has 0 heterocycles. The molecule has 0 aromatic heterocycles. The molecule has 0 bridgehead atoms. The smallest absolute Gasteiger partial charge is 0.221 e. The first-order valence-corrected chi connectivity index (χ1v) is 9.07. The Bertz CT molecular complexity index is 600. The number of benzene rings is 1. The van der Waals surface area contributed by atoms with Crippen molar-refractivity contribution in [2.24, 2.45) is 5.92 Å². The van der Waals surface area contributed by atoms with Crippen molar-refractivity contribution in [3.05, 3.63) is 28.2 Å². The zero-order valence-electron chi connectivity index (χ0n) is 12.0. The Hall–Kier alpha value is -0.780. The zero-order valence-corrected chi connectivity index (χ0v) is 14.4. The van der Waals surface area contributed by atoms with Gasteiger partial charge < -0.3 is 5.32 Å². The largest absolute Gasteiger partial charge is 0.356 e. The van der Waals surface area contributed by atoms with Crippen LogP contribution in [-0.4, -0.2) is 26.6 Å². The van der Waals surface area contributed by atoms with E-state index in [9.17, 15) is 13.2 Å². The normalized spacial score (nSPS) is 11.7. The maximum Gasteiger partial charge on any atom is 0.221 e. The molecule has 1 rings (SSSR count). The van der Waals surface area contributed by atoms with Crippen LogP contribution in [0.25, 0.3) is 0 Å². The highest BCUT2D eigenvalue weighted by Gasteiger charge is 2.17. The van der Waals surface area contributed by atoms with Gasteiger partial charge in [-0.15, -0.1) is 0 Å². The first-order valence-electron chi connectivity index (χ1n) is 6.67. The number of rotatable bonds is 7. The fourth-order valence-corrected chi connectivity index (χ4v) is 3.23. The van der Waals surface area contributed by atoms with Crippen LogP contribution in [0.15, 0.2) is 23.1 Å². The van der Waals surface area contributed by atoms with Gasteiger partial charge in [-0.05, 0) is 30.5 Å². The molecule has 1 aromatic rings. The van der Waals surface area contributed by atoms with Crippen molar-refractivity contribution >= 4 is 38.9 Å². The molecule has 0 spiro atoms. The lowest BCUT2D eigenvalue weighted by molar-refractivity contribution is -0.120. The molecule has 0 unspecified atom stereocenters. The summed E-state index contributed by atoms with van der Waals surface area (Å²) in [6, 6.07) is 4.12. The van der Waals surface area contributed by atoms with E-state index < -0.39 is 9.84 Å². The quantitative estimate of drug-likeness (QED) is 0.819. The van der Waals surface area contributed by atoms with Crippen LogP contribution < -0.4 is 5.32 Å². The number of hydrogen-bond donors (Lipinski definition) is 1. The second kappa shape index (κ2) is 8.01. The van der Waals surface area contributed by atoms with Gasteiger partial charge in [0, 0.05) is 13.0 Å². The second-order valence-corrected chi connectivity index (χ2v) is 8.10. The highest BCUT2D eigenvalue weighted by atomic mass is 35.5. The Morgan fingerprint density at radius 1 is 1.24 bits per heavy atom. The zero-order chi connectivity index (χ0) is 16.0. The molecule has 7 heteroatoms. The van der Waals surface area contributed by atoms with Gasteiger partial charge in [0.1, 0.15) is 0 Å². The molecule has 0 fully saturated rings. The van der Waals surface area contributed by atoms with Gasteiger partial charge in [0.2, 0.25) is 5.91 Å². The van der Waals surface area contributed by atoms with E-state index in [1.54, 1.807) is 0 Å². The maximum atomic E-state index is 12.1. The van der Waals surface area contributed by atoms with Gasteiger partial charge >= 0.3 is 0 Å². The van der Waals surface area contributed by atoms with E-state index in [0.29, 0.717) is 17.5 Å². The molecule has 0 saturated heterocycles. The average molecular weight is 352 g/mol. The van der Waals surface area contributed by atoms with Crippen LogP contribution in [0.1, 0.15) is 26.7 Å². The van der Waals surface area contributed by atoms with Crippen LogP contribution >= 0.6 is 23.2 Å². The minimum absolute atomic E-state index is 0.0688. The molecule has 0 saturated carbocycles. The first kappa shape index (κ1) is 18.3. The van der Waals surface area contributed by atoms with Gasteiger partial charge in [0.25, 0.3) is 0 Å². The molecule has 4 nitrogen and oxygen atoms in total. The average Bonchev–Trinajstić information content (AvgIpc) is 2.39. The van der Waals surface area contributed by atoms with Crippen molar-refractivity contribution in [3.63, 3.8) is 0 Å². The molecule has 0 aliphatic carbocycles. The summed E-state index contributed by atoms with van der Waals surface area (Å²) in [5, 5.41) is 3.18. The molecule has 21 heavy (non-hydrogen) atoms. The van der Waals surface area contributed by atoms with Crippen molar-refractivity contribution in [1.29, 1.82) is 0 Å². The van der Waals surface area contributed by atoms with E-state index in [-0.39, 0.29) is 28.0 Å². The molecule has 0 aliphatic rings. The third-order valence-corrected chi connectivity index (χ3v) is 5.34. The number of hydrogen-bond acceptors (Lipinski definition) is 3. The van der Waals surface area contributed by atoms with Crippen molar-refractivity contribution < 1.29 is 13.2 Å². The molecule has 0 radical (unpaired) electrons. The summed E-state index contributed by atoms with van der Waals surface area (Å²) in [6.07, 6.45) is 0.798. The molecular formula is C14H19Cl2NO3S. The lowest BCUT2D eigenvalue weighted by Gasteiger charge is -2.08. The second-order valence-electron chi connectivity index (χ2n) is 5.18. The number of carbonyl (C=O) groups is 1. The fourth-order valence-electron chi connectivity index (χ4n) is 1.60. The van der Waals surface area contributed by atoms with E-state index >= 15 is 0 Å². The molecule has 1 N–H and O–H groups in total. The van der Waals surface area contributed by atoms with Crippen molar-refractivity contribution in [2.75, 3.05) is 12.3 Å². The molecule has 0 aliphatic heterocycles. The van der Waals surface area contributed by atoms with E-state index in [0.717, 1.165) is 6.42 Å². The first-order chi connectivity index (χ1) is 9.72. The monoisotopic (exact) mass is 351 g/mol. The highest BCUT2D eigenvalue weighted by Crippen LogP contribution is 2.25. The van der Waals surface area contributed by atoms with Crippen molar-refractivity contribution in [2.45, 2.75) is 31.6 Å². The SMILES string of the molecule is CC(C)CCNC(=O)CCS(=O)(=O)c1ccc(Cl)c(Cl)c1. The third kappa shape index (κ3) is 6.24. The van der Waals surface area contributed by atoms with Crippen molar-refractivity contribution in [3.8, 4) is 0 Å². The molecular weight excluding hydrogens is 333 g/mol. The summed E-state index contributed by atoms with van der Waals surface area (Å²) < 4.78 is 24.2.